The van der Waals surface area contributed by atoms with Crippen molar-refractivity contribution < 1.29 is 17.6 Å². The van der Waals surface area contributed by atoms with E-state index in [-0.39, 0.29) is 16.1 Å². The maximum atomic E-state index is 13.7. The number of anilines is 2. The first-order valence-corrected chi connectivity index (χ1v) is 9.63. The van der Waals surface area contributed by atoms with Crippen LogP contribution >= 0.6 is 0 Å². The molecular weight excluding hydrogens is 379 g/mol. The van der Waals surface area contributed by atoms with Crippen molar-refractivity contribution in [1.82, 2.24) is 0 Å². The molecule has 140 valence electrons. The molecule has 0 radical (unpaired) electrons. The average molecular weight is 394 g/mol. The van der Waals surface area contributed by atoms with Crippen LogP contribution in [0.15, 0.2) is 77.7 Å². The van der Waals surface area contributed by atoms with Gasteiger partial charge in [-0.05, 0) is 48.5 Å². The summed E-state index contributed by atoms with van der Waals surface area (Å²) in [4.78, 5) is 12.3. The maximum absolute atomic E-state index is 13.7. The molecule has 3 aromatic rings. The van der Waals surface area contributed by atoms with Crippen molar-refractivity contribution >= 4 is 27.3 Å². The predicted molar refractivity (Wildman–Crippen MR) is 106 cm³/mol. The quantitative estimate of drug-likeness (QED) is 0.646. The summed E-state index contributed by atoms with van der Waals surface area (Å²) in [5.74, 6) is 1.26. The second kappa shape index (κ2) is 7.94. The molecular formula is C21H15FN2O3S. The number of para-hydroxylation sites is 1. The van der Waals surface area contributed by atoms with E-state index in [4.69, 9.17) is 6.42 Å². The predicted octanol–water partition coefficient (Wildman–Crippen LogP) is 3.86. The molecule has 3 rings (SSSR count). The SMILES string of the molecule is C#Cc1cccc(NC(=O)c2cccc(S(=O)(=O)Nc3ccccc3F)c2)c1. The highest BCUT2D eigenvalue weighted by Gasteiger charge is 2.18. The van der Waals surface area contributed by atoms with Crippen molar-refractivity contribution in [2.45, 2.75) is 4.90 Å². The number of amides is 1. The van der Waals surface area contributed by atoms with Gasteiger partial charge in [0.15, 0.2) is 0 Å². The van der Waals surface area contributed by atoms with Crippen LogP contribution in [0.2, 0.25) is 0 Å². The Kier molecular flexibility index (Phi) is 5.43. The largest absolute Gasteiger partial charge is 0.322 e. The monoisotopic (exact) mass is 394 g/mol. The number of hydrogen-bond acceptors (Lipinski definition) is 3. The number of hydrogen-bond donors (Lipinski definition) is 2. The van der Waals surface area contributed by atoms with E-state index < -0.39 is 21.7 Å². The number of rotatable bonds is 5. The molecule has 0 fully saturated rings. The fourth-order valence-corrected chi connectivity index (χ4v) is 3.55. The summed E-state index contributed by atoms with van der Waals surface area (Å²) in [5, 5.41) is 2.66. The molecule has 0 aliphatic heterocycles. The summed E-state index contributed by atoms with van der Waals surface area (Å²) < 4.78 is 41.0. The molecule has 1 amide bonds. The van der Waals surface area contributed by atoms with Crippen LogP contribution in [0.4, 0.5) is 15.8 Å². The van der Waals surface area contributed by atoms with Gasteiger partial charge in [-0.1, -0.05) is 30.2 Å². The van der Waals surface area contributed by atoms with Crippen LogP contribution in [0.3, 0.4) is 0 Å². The highest BCUT2D eigenvalue weighted by molar-refractivity contribution is 7.92. The molecule has 0 atom stereocenters. The number of nitrogens with one attached hydrogen (secondary N) is 2. The van der Waals surface area contributed by atoms with Gasteiger partial charge >= 0.3 is 0 Å². The van der Waals surface area contributed by atoms with E-state index in [9.17, 15) is 17.6 Å². The summed E-state index contributed by atoms with van der Waals surface area (Å²) in [6.45, 7) is 0. The number of sulfonamides is 1. The molecule has 0 saturated carbocycles. The van der Waals surface area contributed by atoms with Crippen molar-refractivity contribution in [3.05, 3.63) is 89.7 Å². The molecule has 0 aromatic heterocycles. The second-order valence-electron chi connectivity index (χ2n) is 5.79. The molecule has 0 bridgehead atoms. The van der Waals surface area contributed by atoms with Crippen LogP contribution in [0.25, 0.3) is 0 Å². The van der Waals surface area contributed by atoms with Crippen LogP contribution in [0.1, 0.15) is 15.9 Å². The van der Waals surface area contributed by atoms with Gasteiger partial charge in [-0.15, -0.1) is 6.42 Å². The van der Waals surface area contributed by atoms with E-state index in [0.717, 1.165) is 6.07 Å². The molecule has 0 aliphatic rings. The fraction of sp³-hybridized carbons (Fsp3) is 0. The lowest BCUT2D eigenvalue weighted by Crippen LogP contribution is -2.16. The average Bonchev–Trinajstić information content (AvgIpc) is 2.70. The smallest absolute Gasteiger partial charge is 0.262 e. The van der Waals surface area contributed by atoms with Crippen LogP contribution in [-0.4, -0.2) is 14.3 Å². The Morgan fingerprint density at radius 3 is 2.46 bits per heavy atom. The first kappa shape index (κ1) is 19.1. The van der Waals surface area contributed by atoms with E-state index in [1.807, 2.05) is 0 Å². The molecule has 0 spiro atoms. The summed E-state index contributed by atoms with van der Waals surface area (Å²) in [6.07, 6.45) is 5.34. The normalized spacial score (nSPS) is 10.7. The number of terminal acetylenes is 1. The molecule has 7 heteroatoms. The van der Waals surface area contributed by atoms with E-state index in [1.54, 1.807) is 24.3 Å². The van der Waals surface area contributed by atoms with E-state index in [2.05, 4.69) is 16.0 Å². The minimum absolute atomic E-state index is 0.127. The van der Waals surface area contributed by atoms with Gasteiger partial charge in [0, 0.05) is 16.8 Å². The van der Waals surface area contributed by atoms with Gasteiger partial charge in [0.1, 0.15) is 5.82 Å². The van der Waals surface area contributed by atoms with E-state index >= 15 is 0 Å². The topological polar surface area (TPSA) is 75.3 Å². The van der Waals surface area contributed by atoms with Crippen LogP contribution < -0.4 is 10.0 Å². The highest BCUT2D eigenvalue weighted by atomic mass is 32.2. The van der Waals surface area contributed by atoms with Gasteiger partial charge in [-0.3, -0.25) is 9.52 Å². The highest BCUT2D eigenvalue weighted by Crippen LogP contribution is 2.20. The number of carbonyl (C=O) groups is 1. The molecule has 2 N–H and O–H groups in total. The zero-order valence-corrected chi connectivity index (χ0v) is 15.3. The summed E-state index contributed by atoms with van der Waals surface area (Å²) in [7, 11) is -4.07. The number of halogens is 1. The molecule has 0 saturated heterocycles. The van der Waals surface area contributed by atoms with Gasteiger partial charge in [0.2, 0.25) is 0 Å². The molecule has 3 aromatic carbocycles. The Bertz CT molecular complexity index is 1180. The lowest BCUT2D eigenvalue weighted by Gasteiger charge is -2.10. The van der Waals surface area contributed by atoms with Crippen molar-refractivity contribution in [1.29, 1.82) is 0 Å². The third-order valence-corrected chi connectivity index (χ3v) is 5.17. The first-order chi connectivity index (χ1) is 13.4. The summed E-state index contributed by atoms with van der Waals surface area (Å²) >= 11 is 0. The zero-order chi connectivity index (χ0) is 20.1. The van der Waals surface area contributed by atoms with Gasteiger partial charge in [0.05, 0.1) is 10.6 Å². The lowest BCUT2D eigenvalue weighted by atomic mass is 10.2. The van der Waals surface area contributed by atoms with Crippen molar-refractivity contribution in [2.75, 3.05) is 10.0 Å². The Morgan fingerprint density at radius 1 is 0.964 bits per heavy atom. The Balaban J connectivity index is 1.84. The van der Waals surface area contributed by atoms with E-state index in [0.29, 0.717) is 11.3 Å². The van der Waals surface area contributed by atoms with Gasteiger partial charge in [0.25, 0.3) is 15.9 Å². The standard InChI is InChI=1S/C21H15FN2O3S/c1-2-15-7-5-9-17(13-15)23-21(25)16-8-6-10-18(14-16)28(26,27)24-20-12-4-3-11-19(20)22/h1,3-14,24H,(H,23,25). The number of benzene rings is 3. The zero-order valence-electron chi connectivity index (χ0n) is 14.5. The Hall–Kier alpha value is -3.63. The number of carbonyl (C=O) groups excluding carboxylic acids is 1. The molecule has 0 unspecified atom stereocenters. The maximum Gasteiger partial charge on any atom is 0.262 e. The lowest BCUT2D eigenvalue weighted by molar-refractivity contribution is 0.102. The fourth-order valence-electron chi connectivity index (χ4n) is 2.44. The molecule has 0 aliphatic carbocycles. The van der Waals surface area contributed by atoms with Crippen LogP contribution in [0, 0.1) is 18.2 Å². The van der Waals surface area contributed by atoms with Crippen LogP contribution in [0.5, 0.6) is 0 Å². The van der Waals surface area contributed by atoms with Crippen molar-refractivity contribution in [3.63, 3.8) is 0 Å². The van der Waals surface area contributed by atoms with Crippen LogP contribution in [-0.2, 0) is 10.0 Å². The van der Waals surface area contributed by atoms with Crippen molar-refractivity contribution in [2.24, 2.45) is 0 Å². The summed E-state index contributed by atoms with van der Waals surface area (Å²) in [6, 6.07) is 17.6. The molecule has 5 nitrogen and oxygen atoms in total. The first-order valence-electron chi connectivity index (χ1n) is 8.14. The third-order valence-electron chi connectivity index (χ3n) is 3.81. The van der Waals surface area contributed by atoms with Gasteiger partial charge in [-0.25, -0.2) is 12.8 Å². The minimum Gasteiger partial charge on any atom is -0.322 e. The van der Waals surface area contributed by atoms with Gasteiger partial charge < -0.3 is 5.32 Å². The Morgan fingerprint density at radius 2 is 1.71 bits per heavy atom. The van der Waals surface area contributed by atoms with Gasteiger partial charge in [-0.2, -0.15) is 0 Å². The Labute approximate surface area is 162 Å². The minimum atomic E-state index is -4.07. The summed E-state index contributed by atoms with van der Waals surface area (Å²) in [5.41, 5.74) is 1.03. The van der Waals surface area contributed by atoms with Crippen molar-refractivity contribution in [3.8, 4) is 12.3 Å². The third kappa shape index (κ3) is 4.37. The van der Waals surface area contributed by atoms with E-state index in [1.165, 1.54) is 42.5 Å². The molecule has 0 heterocycles. The molecule has 28 heavy (non-hydrogen) atoms. The second-order valence-corrected chi connectivity index (χ2v) is 7.47.